The molecule has 5 nitrogen and oxygen atoms in total. The van der Waals surface area contributed by atoms with Gasteiger partial charge in [0.2, 0.25) is 0 Å². The van der Waals surface area contributed by atoms with Crippen molar-refractivity contribution in [3.63, 3.8) is 0 Å². The summed E-state index contributed by atoms with van der Waals surface area (Å²) < 4.78 is 0. The molecule has 5 fully saturated rings. The lowest BCUT2D eigenvalue weighted by molar-refractivity contribution is -0.0902. The molecule has 2 heterocycles. The summed E-state index contributed by atoms with van der Waals surface area (Å²) in [6.07, 6.45) is 8.66. The van der Waals surface area contributed by atoms with Gasteiger partial charge in [0.05, 0.1) is 0 Å². The summed E-state index contributed by atoms with van der Waals surface area (Å²) in [5.41, 5.74) is 1.67. The summed E-state index contributed by atoms with van der Waals surface area (Å²) >= 11 is 0. The number of anilines is 1. The maximum Gasteiger partial charge on any atom is 0.339 e. The van der Waals surface area contributed by atoms with Gasteiger partial charge in [-0.1, -0.05) is 0 Å². The molecule has 4 bridgehead atoms. The minimum Gasteiger partial charge on any atom is -0.478 e. The number of rotatable bonds is 3. The third-order valence-corrected chi connectivity index (χ3v) is 7.50. The zero-order valence-electron chi connectivity index (χ0n) is 15.7. The minimum absolute atomic E-state index is 0.332. The molecule has 5 aliphatic rings. The number of pyridine rings is 1. The highest BCUT2D eigenvalue weighted by Gasteiger charge is 2.53. The summed E-state index contributed by atoms with van der Waals surface area (Å²) in [4.78, 5) is 21.1. The Morgan fingerprint density at radius 2 is 1.62 bits per heavy atom. The quantitative estimate of drug-likeness (QED) is 0.902. The van der Waals surface area contributed by atoms with E-state index in [1.165, 1.54) is 38.5 Å². The fourth-order valence-electron chi connectivity index (χ4n) is 6.80. The van der Waals surface area contributed by atoms with E-state index in [1.54, 1.807) is 12.1 Å². The van der Waals surface area contributed by atoms with E-state index >= 15 is 0 Å². The van der Waals surface area contributed by atoms with E-state index in [9.17, 15) is 9.90 Å². The van der Waals surface area contributed by atoms with Crippen molar-refractivity contribution < 1.29 is 9.90 Å². The fraction of sp³-hybridized carbons (Fsp3) is 0.714. The minimum atomic E-state index is -0.879. The van der Waals surface area contributed by atoms with Crippen molar-refractivity contribution >= 4 is 11.8 Å². The number of aromatic nitrogens is 1. The summed E-state index contributed by atoms with van der Waals surface area (Å²) in [5.74, 6) is 2.68. The van der Waals surface area contributed by atoms with Crippen LogP contribution in [0.3, 0.4) is 0 Å². The molecule has 0 atom stereocenters. The number of carbonyl (C=O) groups is 1. The van der Waals surface area contributed by atoms with Crippen LogP contribution >= 0.6 is 0 Å². The topological polar surface area (TPSA) is 56.7 Å². The van der Waals surface area contributed by atoms with Crippen molar-refractivity contribution in [3.05, 3.63) is 23.4 Å². The molecule has 0 aromatic carbocycles. The standard InChI is InChI=1S/C21H29N3O2/c1-14-2-3-18(20(25)26)19(22-14)23-4-6-24(7-5-23)21-11-15-8-16(12-21)10-17(9-15)13-21/h2-3,15-17H,4-13H2,1H3,(H,25,26). The maximum atomic E-state index is 11.6. The highest BCUT2D eigenvalue weighted by molar-refractivity contribution is 5.93. The SMILES string of the molecule is Cc1ccc(C(=O)O)c(N2CCN(C34CC5CC(CC(C5)C3)C4)CC2)n1. The second-order valence-corrected chi connectivity index (χ2v) is 9.24. The first kappa shape index (κ1) is 16.5. The molecule has 1 aromatic heterocycles. The van der Waals surface area contributed by atoms with Gasteiger partial charge in [-0.05, 0) is 75.3 Å². The maximum absolute atomic E-state index is 11.6. The molecule has 5 heteroatoms. The molecule has 4 saturated carbocycles. The van der Waals surface area contributed by atoms with Crippen LogP contribution in [-0.2, 0) is 0 Å². The number of carboxylic acids is 1. The molecule has 1 aliphatic heterocycles. The average molecular weight is 355 g/mol. The summed E-state index contributed by atoms with van der Waals surface area (Å²) in [7, 11) is 0. The van der Waals surface area contributed by atoms with Crippen molar-refractivity contribution in [1.29, 1.82) is 0 Å². The van der Waals surface area contributed by atoms with Gasteiger partial charge in [0.15, 0.2) is 0 Å². The fourth-order valence-corrected chi connectivity index (χ4v) is 6.80. The van der Waals surface area contributed by atoms with Gasteiger partial charge >= 0.3 is 5.97 Å². The highest BCUT2D eigenvalue weighted by atomic mass is 16.4. The Hall–Kier alpha value is -1.62. The van der Waals surface area contributed by atoms with Crippen molar-refractivity contribution in [2.75, 3.05) is 31.1 Å². The van der Waals surface area contributed by atoms with Gasteiger partial charge in [-0.2, -0.15) is 0 Å². The summed E-state index contributed by atoms with van der Waals surface area (Å²) in [6.45, 7) is 5.79. The average Bonchev–Trinajstić information content (AvgIpc) is 2.60. The van der Waals surface area contributed by atoms with Gasteiger partial charge in [-0.25, -0.2) is 9.78 Å². The molecule has 1 saturated heterocycles. The van der Waals surface area contributed by atoms with Crippen LogP contribution < -0.4 is 4.90 Å². The number of aryl methyl sites for hydroxylation is 1. The Bertz CT molecular complexity index is 689. The molecular weight excluding hydrogens is 326 g/mol. The van der Waals surface area contributed by atoms with E-state index in [-0.39, 0.29) is 0 Å². The lowest BCUT2D eigenvalue weighted by atomic mass is 9.52. The number of piperazine rings is 1. The van der Waals surface area contributed by atoms with Crippen molar-refractivity contribution in [2.24, 2.45) is 17.8 Å². The molecule has 0 unspecified atom stereocenters. The van der Waals surface area contributed by atoms with Gasteiger partial charge in [0, 0.05) is 37.4 Å². The number of carboxylic acid groups (broad SMARTS) is 1. The predicted molar refractivity (Wildman–Crippen MR) is 101 cm³/mol. The number of hydrogen-bond acceptors (Lipinski definition) is 4. The zero-order valence-corrected chi connectivity index (χ0v) is 15.7. The zero-order chi connectivity index (χ0) is 17.9. The van der Waals surface area contributed by atoms with Gasteiger partial charge < -0.3 is 10.0 Å². The van der Waals surface area contributed by atoms with Gasteiger partial charge in [0.25, 0.3) is 0 Å². The molecule has 0 spiro atoms. The molecule has 26 heavy (non-hydrogen) atoms. The molecule has 140 valence electrons. The number of nitrogens with zero attached hydrogens (tertiary/aromatic N) is 3. The van der Waals surface area contributed by atoms with E-state index in [2.05, 4.69) is 14.8 Å². The van der Waals surface area contributed by atoms with Crippen LogP contribution in [-0.4, -0.2) is 52.7 Å². The first-order valence-electron chi connectivity index (χ1n) is 10.2. The molecular formula is C21H29N3O2. The van der Waals surface area contributed by atoms with Gasteiger partial charge in [-0.15, -0.1) is 0 Å². The molecule has 6 rings (SSSR count). The van der Waals surface area contributed by atoms with Crippen molar-refractivity contribution in [3.8, 4) is 0 Å². The second kappa shape index (κ2) is 5.95. The predicted octanol–water partition coefficient (Wildman–Crippen LogP) is 3.18. The second-order valence-electron chi connectivity index (χ2n) is 9.24. The first-order chi connectivity index (χ1) is 12.5. The van der Waals surface area contributed by atoms with Crippen LogP contribution in [0.4, 0.5) is 5.82 Å². The van der Waals surface area contributed by atoms with E-state index in [1.807, 2.05) is 6.92 Å². The van der Waals surface area contributed by atoms with Gasteiger partial charge in [-0.3, -0.25) is 4.90 Å². The Balaban J connectivity index is 1.33. The van der Waals surface area contributed by atoms with Crippen LogP contribution in [0.15, 0.2) is 12.1 Å². The van der Waals surface area contributed by atoms with E-state index in [0.717, 1.165) is 49.6 Å². The summed E-state index contributed by atoms with van der Waals surface area (Å²) in [5, 5.41) is 9.52. The van der Waals surface area contributed by atoms with Crippen LogP contribution in [0.2, 0.25) is 0 Å². The van der Waals surface area contributed by atoms with Crippen LogP contribution in [0.25, 0.3) is 0 Å². The lowest BCUT2D eigenvalue weighted by Crippen LogP contribution is -2.64. The lowest BCUT2D eigenvalue weighted by Gasteiger charge is -2.61. The van der Waals surface area contributed by atoms with E-state index in [4.69, 9.17) is 0 Å². The highest BCUT2D eigenvalue weighted by Crippen LogP contribution is 2.57. The molecule has 0 radical (unpaired) electrons. The van der Waals surface area contributed by atoms with Crippen molar-refractivity contribution in [2.45, 2.75) is 51.0 Å². The Morgan fingerprint density at radius 1 is 1.04 bits per heavy atom. The largest absolute Gasteiger partial charge is 0.478 e. The molecule has 4 aliphatic carbocycles. The molecule has 1 N–H and O–H groups in total. The van der Waals surface area contributed by atoms with E-state index < -0.39 is 5.97 Å². The van der Waals surface area contributed by atoms with Crippen molar-refractivity contribution in [1.82, 2.24) is 9.88 Å². The molecule has 0 amide bonds. The Morgan fingerprint density at radius 3 is 2.15 bits per heavy atom. The van der Waals surface area contributed by atoms with E-state index in [0.29, 0.717) is 16.9 Å². The summed E-state index contributed by atoms with van der Waals surface area (Å²) in [6, 6.07) is 3.49. The monoisotopic (exact) mass is 355 g/mol. The van der Waals surface area contributed by atoms with Crippen LogP contribution in [0.1, 0.15) is 54.6 Å². The third kappa shape index (κ3) is 2.63. The molecule has 1 aromatic rings. The Labute approximate surface area is 155 Å². The number of hydrogen-bond donors (Lipinski definition) is 1. The Kier molecular flexibility index (Phi) is 3.78. The van der Waals surface area contributed by atoms with Gasteiger partial charge in [0.1, 0.15) is 11.4 Å². The van der Waals surface area contributed by atoms with Crippen LogP contribution in [0, 0.1) is 24.7 Å². The third-order valence-electron chi connectivity index (χ3n) is 7.50. The smallest absolute Gasteiger partial charge is 0.339 e. The first-order valence-corrected chi connectivity index (χ1v) is 10.2. The number of aromatic carboxylic acids is 1. The van der Waals surface area contributed by atoms with Crippen LogP contribution in [0.5, 0.6) is 0 Å². The normalized spacial score (nSPS) is 36.5.